The third-order valence-electron chi connectivity index (χ3n) is 4.12. The molecule has 0 radical (unpaired) electrons. The molecule has 0 N–H and O–H groups in total. The molecule has 0 unspecified atom stereocenters. The van der Waals surface area contributed by atoms with E-state index in [0.717, 1.165) is 17.1 Å². The Morgan fingerprint density at radius 3 is 2.68 bits per heavy atom. The van der Waals surface area contributed by atoms with Gasteiger partial charge in [0.1, 0.15) is 11.5 Å². The van der Waals surface area contributed by atoms with Crippen molar-refractivity contribution in [2.45, 2.75) is 13.1 Å². The highest BCUT2D eigenvalue weighted by atomic mass is 16.6. The van der Waals surface area contributed by atoms with Gasteiger partial charge in [0.15, 0.2) is 0 Å². The minimum Gasteiger partial charge on any atom is -0.497 e. The Hall–Kier alpha value is -3.46. The van der Waals surface area contributed by atoms with Crippen LogP contribution in [0.5, 0.6) is 11.5 Å². The van der Waals surface area contributed by atoms with Gasteiger partial charge < -0.3 is 14.0 Å². The minimum absolute atomic E-state index is 0.0208. The third-order valence-corrected chi connectivity index (χ3v) is 4.12. The lowest BCUT2D eigenvalue weighted by atomic mass is 10.2. The van der Waals surface area contributed by atoms with Gasteiger partial charge in [0.25, 0.3) is 5.69 Å². The molecule has 0 aliphatic heterocycles. The largest absolute Gasteiger partial charge is 0.497 e. The Bertz CT molecular complexity index is 972. The molecule has 2 aromatic carbocycles. The highest BCUT2D eigenvalue weighted by Crippen LogP contribution is 2.26. The topological polar surface area (TPSA) is 104 Å². The third kappa shape index (κ3) is 4.44. The van der Waals surface area contributed by atoms with E-state index >= 15 is 0 Å². The number of non-ortho nitro benzene ring substituents is 1. The molecule has 28 heavy (non-hydrogen) atoms. The fraction of sp³-hybridized carbons (Fsp3) is 0.263. The van der Waals surface area contributed by atoms with Crippen LogP contribution in [0.15, 0.2) is 47.0 Å². The van der Waals surface area contributed by atoms with Crippen LogP contribution in [0.1, 0.15) is 11.5 Å². The van der Waals surface area contributed by atoms with Crippen molar-refractivity contribution in [3.05, 3.63) is 64.0 Å². The molecule has 3 aromatic rings. The van der Waals surface area contributed by atoms with E-state index in [-0.39, 0.29) is 5.69 Å². The molecule has 0 aliphatic carbocycles. The lowest BCUT2D eigenvalue weighted by Crippen LogP contribution is -2.18. The molecule has 0 bridgehead atoms. The van der Waals surface area contributed by atoms with Crippen molar-refractivity contribution >= 4 is 5.69 Å². The quantitative estimate of drug-likeness (QED) is 0.430. The van der Waals surface area contributed by atoms with Gasteiger partial charge in [-0.25, -0.2) is 0 Å². The van der Waals surface area contributed by atoms with Crippen molar-refractivity contribution in [2.24, 2.45) is 0 Å². The fourth-order valence-corrected chi connectivity index (χ4v) is 2.75. The highest BCUT2D eigenvalue weighted by Gasteiger charge is 2.15. The van der Waals surface area contributed by atoms with E-state index in [9.17, 15) is 10.1 Å². The summed E-state index contributed by atoms with van der Waals surface area (Å²) in [6.45, 7) is 1.01. The number of rotatable bonds is 8. The van der Waals surface area contributed by atoms with E-state index in [4.69, 9.17) is 14.0 Å². The number of hydrogen-bond donors (Lipinski definition) is 0. The van der Waals surface area contributed by atoms with Gasteiger partial charge >= 0.3 is 0 Å². The van der Waals surface area contributed by atoms with E-state index in [1.165, 1.54) is 12.1 Å². The maximum atomic E-state index is 10.9. The number of hydrogen-bond acceptors (Lipinski definition) is 8. The van der Waals surface area contributed by atoms with Gasteiger partial charge in [-0.1, -0.05) is 23.4 Å². The molecule has 3 rings (SSSR count). The lowest BCUT2D eigenvalue weighted by Gasteiger charge is -2.17. The molecule has 0 aliphatic rings. The molecule has 9 heteroatoms. The molecule has 0 amide bonds. The van der Waals surface area contributed by atoms with Crippen LogP contribution in [-0.4, -0.2) is 41.2 Å². The standard InChI is InChI=1S/C19H20N4O5/c1-22(11-14-7-8-16(26-2)10-17(14)27-3)12-18-20-19(21-28-18)13-5-4-6-15(9-13)23(24)25/h4-10H,11-12H2,1-3H3. The highest BCUT2D eigenvalue weighted by molar-refractivity contribution is 5.58. The summed E-state index contributed by atoms with van der Waals surface area (Å²) in [6, 6.07) is 11.8. The van der Waals surface area contributed by atoms with E-state index < -0.39 is 4.92 Å². The van der Waals surface area contributed by atoms with Crippen molar-refractivity contribution in [3.63, 3.8) is 0 Å². The summed E-state index contributed by atoms with van der Waals surface area (Å²) in [4.78, 5) is 16.8. The number of ether oxygens (including phenoxy) is 2. The first kappa shape index (κ1) is 19.3. The number of aromatic nitrogens is 2. The molecule has 1 heterocycles. The van der Waals surface area contributed by atoms with Gasteiger partial charge in [0.2, 0.25) is 11.7 Å². The molecule has 0 fully saturated rings. The van der Waals surface area contributed by atoms with Crippen molar-refractivity contribution in [1.29, 1.82) is 0 Å². The van der Waals surface area contributed by atoms with Gasteiger partial charge in [0, 0.05) is 35.9 Å². The minimum atomic E-state index is -0.458. The van der Waals surface area contributed by atoms with Crippen molar-refractivity contribution in [1.82, 2.24) is 15.0 Å². The number of benzene rings is 2. The molecule has 146 valence electrons. The Balaban J connectivity index is 1.70. The summed E-state index contributed by atoms with van der Waals surface area (Å²) in [5.41, 5.74) is 1.50. The predicted octanol–water partition coefficient (Wildman–Crippen LogP) is 3.29. The Labute approximate surface area is 161 Å². The number of nitro benzene ring substituents is 1. The first-order valence-corrected chi connectivity index (χ1v) is 8.47. The van der Waals surface area contributed by atoms with Crippen molar-refractivity contribution < 1.29 is 18.9 Å². The van der Waals surface area contributed by atoms with E-state index in [2.05, 4.69) is 10.1 Å². The van der Waals surface area contributed by atoms with E-state index in [0.29, 0.717) is 30.4 Å². The van der Waals surface area contributed by atoms with Gasteiger partial charge in [-0.15, -0.1) is 0 Å². The zero-order valence-electron chi connectivity index (χ0n) is 15.8. The van der Waals surface area contributed by atoms with E-state index in [1.807, 2.05) is 30.1 Å². The normalized spacial score (nSPS) is 10.9. The molecular formula is C19H20N4O5. The second kappa shape index (κ2) is 8.49. The van der Waals surface area contributed by atoms with Crippen molar-refractivity contribution in [3.8, 4) is 22.9 Å². The fourth-order valence-electron chi connectivity index (χ4n) is 2.75. The summed E-state index contributed by atoms with van der Waals surface area (Å²) < 4.78 is 15.9. The van der Waals surface area contributed by atoms with Gasteiger partial charge in [-0.2, -0.15) is 4.98 Å². The Kier molecular flexibility index (Phi) is 5.85. The second-order valence-corrected chi connectivity index (χ2v) is 6.17. The Morgan fingerprint density at radius 1 is 1.14 bits per heavy atom. The summed E-state index contributed by atoms with van der Waals surface area (Å²) >= 11 is 0. The van der Waals surface area contributed by atoms with Crippen LogP contribution in [0.25, 0.3) is 11.4 Å². The summed E-state index contributed by atoms with van der Waals surface area (Å²) in [7, 11) is 5.14. The van der Waals surface area contributed by atoms with Crippen LogP contribution in [0.2, 0.25) is 0 Å². The molecular weight excluding hydrogens is 364 g/mol. The second-order valence-electron chi connectivity index (χ2n) is 6.17. The van der Waals surface area contributed by atoms with Crippen LogP contribution >= 0.6 is 0 Å². The average molecular weight is 384 g/mol. The number of nitro groups is 1. The van der Waals surface area contributed by atoms with Crippen LogP contribution < -0.4 is 9.47 Å². The molecule has 0 saturated heterocycles. The smallest absolute Gasteiger partial charge is 0.270 e. The van der Waals surface area contributed by atoms with Crippen LogP contribution in [0, 0.1) is 10.1 Å². The first-order valence-electron chi connectivity index (χ1n) is 8.47. The zero-order chi connectivity index (χ0) is 20.1. The van der Waals surface area contributed by atoms with Crippen LogP contribution in [-0.2, 0) is 13.1 Å². The Morgan fingerprint density at radius 2 is 1.96 bits per heavy atom. The SMILES string of the molecule is COc1ccc(CN(C)Cc2nc(-c3cccc([N+](=O)[O-])c3)no2)c(OC)c1. The van der Waals surface area contributed by atoms with Crippen molar-refractivity contribution in [2.75, 3.05) is 21.3 Å². The maximum absolute atomic E-state index is 10.9. The average Bonchev–Trinajstić information content (AvgIpc) is 3.16. The summed E-state index contributed by atoms with van der Waals surface area (Å²) in [6.07, 6.45) is 0. The van der Waals surface area contributed by atoms with Gasteiger partial charge in [0.05, 0.1) is 25.7 Å². The lowest BCUT2D eigenvalue weighted by molar-refractivity contribution is -0.384. The molecule has 0 saturated carbocycles. The van der Waals surface area contributed by atoms with Gasteiger partial charge in [-0.3, -0.25) is 15.0 Å². The van der Waals surface area contributed by atoms with Crippen LogP contribution in [0.4, 0.5) is 5.69 Å². The first-order chi connectivity index (χ1) is 13.5. The summed E-state index contributed by atoms with van der Waals surface area (Å²) in [5.74, 6) is 2.18. The molecule has 0 atom stereocenters. The number of nitrogens with zero attached hydrogens (tertiary/aromatic N) is 4. The summed E-state index contributed by atoms with van der Waals surface area (Å²) in [5, 5.41) is 14.8. The van der Waals surface area contributed by atoms with Gasteiger partial charge in [-0.05, 0) is 13.1 Å². The molecule has 0 spiro atoms. The van der Waals surface area contributed by atoms with Crippen LogP contribution in [0.3, 0.4) is 0 Å². The van der Waals surface area contributed by atoms with E-state index in [1.54, 1.807) is 26.4 Å². The maximum Gasteiger partial charge on any atom is 0.270 e. The monoisotopic (exact) mass is 384 g/mol. The number of methoxy groups -OCH3 is 2. The zero-order valence-corrected chi connectivity index (χ0v) is 15.8. The molecule has 1 aromatic heterocycles. The predicted molar refractivity (Wildman–Crippen MR) is 101 cm³/mol. The molecule has 9 nitrogen and oxygen atoms in total.